The molecule has 6 rings (SSSR count). The first-order valence-electron chi connectivity index (χ1n) is 9.42. The van der Waals surface area contributed by atoms with Gasteiger partial charge in [0.25, 0.3) is 11.8 Å². The molecule has 3 aliphatic rings. The number of rotatable bonds is 2. The van der Waals surface area contributed by atoms with E-state index in [0.717, 1.165) is 23.4 Å². The molecule has 2 unspecified atom stereocenters. The predicted molar refractivity (Wildman–Crippen MR) is 104 cm³/mol. The summed E-state index contributed by atoms with van der Waals surface area (Å²) in [6.45, 7) is 4.93. The third-order valence-electron chi connectivity index (χ3n) is 5.62. The highest BCUT2D eigenvalue weighted by molar-refractivity contribution is 7.05. The SMILES string of the molecule is Cc1ccc2oc(C(=O)N3CC4CCC3CN4C(=O)c3cc(C)sn3)cc2n1. The minimum atomic E-state index is -0.123. The highest BCUT2D eigenvalue weighted by atomic mass is 32.1. The van der Waals surface area contributed by atoms with Crippen molar-refractivity contribution in [3.8, 4) is 0 Å². The van der Waals surface area contributed by atoms with Crippen molar-refractivity contribution in [2.45, 2.75) is 38.8 Å². The van der Waals surface area contributed by atoms with Crippen LogP contribution in [0.3, 0.4) is 0 Å². The lowest BCUT2D eigenvalue weighted by Crippen LogP contribution is -2.65. The van der Waals surface area contributed by atoms with Gasteiger partial charge < -0.3 is 14.2 Å². The molecule has 144 valence electrons. The van der Waals surface area contributed by atoms with Crippen molar-refractivity contribution in [2.24, 2.45) is 0 Å². The maximum atomic E-state index is 13.1. The van der Waals surface area contributed by atoms with Gasteiger partial charge in [0, 0.05) is 41.8 Å². The lowest BCUT2D eigenvalue weighted by molar-refractivity contribution is -0.00751. The van der Waals surface area contributed by atoms with Gasteiger partial charge in [0.15, 0.2) is 11.3 Å². The van der Waals surface area contributed by atoms with Crippen LogP contribution in [-0.4, -0.2) is 56.1 Å². The zero-order chi connectivity index (χ0) is 19.4. The van der Waals surface area contributed by atoms with E-state index in [1.807, 2.05) is 41.8 Å². The third kappa shape index (κ3) is 2.79. The zero-order valence-corrected chi connectivity index (χ0v) is 16.5. The molecule has 0 saturated carbocycles. The van der Waals surface area contributed by atoms with Gasteiger partial charge in [0.2, 0.25) is 0 Å². The standard InChI is InChI=1S/C20H20N4O3S/c1-11-3-6-17-15(21-11)8-18(27-17)20(26)24-10-13-4-5-14(24)9-23(13)19(25)16-7-12(2)28-22-16/h3,6-8,13-14H,4-5,9-10H2,1-2H3. The zero-order valence-electron chi connectivity index (χ0n) is 15.7. The maximum absolute atomic E-state index is 13.1. The van der Waals surface area contributed by atoms with Crippen molar-refractivity contribution in [3.05, 3.63) is 46.3 Å². The fourth-order valence-electron chi connectivity index (χ4n) is 4.21. The van der Waals surface area contributed by atoms with E-state index < -0.39 is 0 Å². The van der Waals surface area contributed by atoms with E-state index in [1.165, 1.54) is 11.5 Å². The summed E-state index contributed by atoms with van der Waals surface area (Å²) in [5.74, 6) is 0.158. The van der Waals surface area contributed by atoms with Crippen molar-refractivity contribution >= 4 is 34.4 Å². The molecule has 2 atom stereocenters. The predicted octanol–water partition coefficient (Wildman–Crippen LogP) is 3.03. The number of nitrogens with zero attached hydrogens (tertiary/aromatic N) is 4. The molecule has 3 fully saturated rings. The van der Waals surface area contributed by atoms with Gasteiger partial charge in [-0.25, -0.2) is 4.98 Å². The van der Waals surface area contributed by atoms with Crippen LogP contribution < -0.4 is 0 Å². The number of hydrogen-bond donors (Lipinski definition) is 0. The number of aryl methyl sites for hydroxylation is 2. The monoisotopic (exact) mass is 396 g/mol. The molecule has 2 amide bonds. The molecule has 0 radical (unpaired) electrons. The van der Waals surface area contributed by atoms with Crippen LogP contribution in [0.25, 0.3) is 11.1 Å². The molecule has 7 nitrogen and oxygen atoms in total. The summed E-state index contributed by atoms with van der Waals surface area (Å²) in [6.07, 6.45) is 1.80. The molecular weight excluding hydrogens is 376 g/mol. The Balaban J connectivity index is 1.36. The van der Waals surface area contributed by atoms with Gasteiger partial charge in [0.05, 0.1) is 0 Å². The molecule has 3 aromatic heterocycles. The smallest absolute Gasteiger partial charge is 0.290 e. The van der Waals surface area contributed by atoms with E-state index in [2.05, 4.69) is 9.36 Å². The van der Waals surface area contributed by atoms with Gasteiger partial charge in [-0.3, -0.25) is 9.59 Å². The topological polar surface area (TPSA) is 79.5 Å². The first-order valence-corrected chi connectivity index (χ1v) is 10.2. The van der Waals surface area contributed by atoms with Gasteiger partial charge in [-0.1, -0.05) is 0 Å². The Labute approximate surface area is 166 Å². The minimum Gasteiger partial charge on any atom is -0.449 e. The Morgan fingerprint density at radius 2 is 1.79 bits per heavy atom. The molecule has 28 heavy (non-hydrogen) atoms. The second kappa shape index (κ2) is 6.41. The molecule has 0 N–H and O–H groups in total. The number of fused-ring (bicyclic) bond motifs is 4. The Bertz CT molecular complexity index is 1090. The molecule has 3 saturated heterocycles. The van der Waals surface area contributed by atoms with Crippen LogP contribution in [0, 0.1) is 13.8 Å². The van der Waals surface area contributed by atoms with Crippen molar-refractivity contribution in [1.29, 1.82) is 0 Å². The summed E-state index contributed by atoms with van der Waals surface area (Å²) in [5.41, 5.74) is 2.70. The first-order chi connectivity index (χ1) is 13.5. The number of amides is 2. The number of aromatic nitrogens is 2. The Hall–Kier alpha value is -2.74. The summed E-state index contributed by atoms with van der Waals surface area (Å²) in [5, 5.41) is 0. The second-order valence-corrected chi connectivity index (χ2v) is 8.58. The lowest BCUT2D eigenvalue weighted by atomic mass is 9.90. The first kappa shape index (κ1) is 17.4. The highest BCUT2D eigenvalue weighted by Gasteiger charge is 2.44. The number of piperazine rings is 1. The molecule has 2 bridgehead atoms. The average molecular weight is 396 g/mol. The summed E-state index contributed by atoms with van der Waals surface area (Å²) in [6, 6.07) is 7.28. The number of carbonyl (C=O) groups is 2. The maximum Gasteiger partial charge on any atom is 0.290 e. The van der Waals surface area contributed by atoms with E-state index in [1.54, 1.807) is 6.07 Å². The van der Waals surface area contributed by atoms with E-state index >= 15 is 0 Å². The summed E-state index contributed by atoms with van der Waals surface area (Å²) >= 11 is 1.34. The minimum absolute atomic E-state index is 0.00379. The van der Waals surface area contributed by atoms with Crippen molar-refractivity contribution in [2.75, 3.05) is 13.1 Å². The van der Waals surface area contributed by atoms with Gasteiger partial charge in [-0.15, -0.1) is 0 Å². The highest BCUT2D eigenvalue weighted by Crippen LogP contribution is 2.32. The van der Waals surface area contributed by atoms with E-state index in [9.17, 15) is 9.59 Å². The Kier molecular flexibility index (Phi) is 3.97. The molecule has 0 aromatic carbocycles. The average Bonchev–Trinajstić information content (AvgIpc) is 3.32. The number of pyridine rings is 1. The molecule has 0 aliphatic carbocycles. The second-order valence-electron chi connectivity index (χ2n) is 7.57. The Morgan fingerprint density at radius 3 is 2.43 bits per heavy atom. The van der Waals surface area contributed by atoms with Crippen molar-refractivity contribution < 1.29 is 14.0 Å². The Morgan fingerprint density at radius 1 is 1.07 bits per heavy atom. The quantitative estimate of drug-likeness (QED) is 0.665. The fraction of sp³-hybridized carbons (Fsp3) is 0.400. The molecule has 0 spiro atoms. The van der Waals surface area contributed by atoms with Crippen LogP contribution in [0.2, 0.25) is 0 Å². The molecule has 3 aliphatic heterocycles. The summed E-state index contributed by atoms with van der Waals surface area (Å²) in [4.78, 5) is 35.1. The normalized spacial score (nSPS) is 21.5. The van der Waals surface area contributed by atoms with E-state index in [0.29, 0.717) is 35.6 Å². The van der Waals surface area contributed by atoms with Gasteiger partial charge in [-0.2, -0.15) is 4.37 Å². The molecule has 6 heterocycles. The van der Waals surface area contributed by atoms with E-state index in [4.69, 9.17) is 4.42 Å². The van der Waals surface area contributed by atoms with Crippen LogP contribution in [-0.2, 0) is 0 Å². The summed E-state index contributed by atoms with van der Waals surface area (Å²) < 4.78 is 10.0. The number of carbonyl (C=O) groups excluding carboxylic acids is 2. The van der Waals surface area contributed by atoms with Crippen LogP contribution in [0.1, 0.15) is 44.5 Å². The molecule has 8 heteroatoms. The van der Waals surface area contributed by atoms with Crippen molar-refractivity contribution in [1.82, 2.24) is 19.2 Å². The summed E-state index contributed by atoms with van der Waals surface area (Å²) in [7, 11) is 0. The molecule has 3 aromatic rings. The number of hydrogen-bond acceptors (Lipinski definition) is 6. The van der Waals surface area contributed by atoms with E-state index in [-0.39, 0.29) is 23.9 Å². The van der Waals surface area contributed by atoms with Crippen LogP contribution in [0.4, 0.5) is 0 Å². The number of furan rings is 1. The third-order valence-corrected chi connectivity index (χ3v) is 6.32. The number of piperidine rings is 2. The molecular formula is C20H20N4O3S. The van der Waals surface area contributed by atoms with Crippen molar-refractivity contribution in [3.63, 3.8) is 0 Å². The van der Waals surface area contributed by atoms with Crippen LogP contribution in [0.5, 0.6) is 0 Å². The lowest BCUT2D eigenvalue weighted by Gasteiger charge is -2.51. The van der Waals surface area contributed by atoms with Gasteiger partial charge >= 0.3 is 0 Å². The van der Waals surface area contributed by atoms with Crippen LogP contribution in [0.15, 0.2) is 28.7 Å². The fourth-order valence-corrected chi connectivity index (χ4v) is 4.75. The van der Waals surface area contributed by atoms with Crippen LogP contribution >= 0.6 is 11.5 Å². The largest absolute Gasteiger partial charge is 0.449 e. The van der Waals surface area contributed by atoms with Gasteiger partial charge in [-0.05, 0) is 56.4 Å². The van der Waals surface area contributed by atoms with Gasteiger partial charge in [0.1, 0.15) is 11.2 Å².